The maximum absolute atomic E-state index is 12.3. The molecule has 140 valence electrons. The molecule has 0 saturated carbocycles. The first-order valence-electron chi connectivity index (χ1n) is 8.89. The SMILES string of the molecule is COc1ccc(-c2cc3nc([C@H](C)NC(=O)[C@H]4CCOC4)nn3cn2)cc1. The lowest BCUT2D eigenvalue weighted by Crippen LogP contribution is -2.33. The quantitative estimate of drug-likeness (QED) is 0.742. The summed E-state index contributed by atoms with van der Waals surface area (Å²) in [6, 6.07) is 9.25. The van der Waals surface area contributed by atoms with E-state index in [4.69, 9.17) is 9.47 Å². The fourth-order valence-corrected chi connectivity index (χ4v) is 3.05. The van der Waals surface area contributed by atoms with Crippen LogP contribution in [0, 0.1) is 5.92 Å². The van der Waals surface area contributed by atoms with Crippen LogP contribution in [-0.4, -0.2) is 45.8 Å². The van der Waals surface area contributed by atoms with Gasteiger partial charge >= 0.3 is 0 Å². The molecule has 2 atom stereocenters. The Bertz CT molecular complexity index is 948. The highest BCUT2D eigenvalue weighted by Crippen LogP contribution is 2.22. The molecular formula is C19H21N5O3. The van der Waals surface area contributed by atoms with Crippen molar-refractivity contribution in [2.45, 2.75) is 19.4 Å². The van der Waals surface area contributed by atoms with Crippen LogP contribution in [0.2, 0.25) is 0 Å². The topological polar surface area (TPSA) is 90.6 Å². The maximum atomic E-state index is 12.3. The molecule has 3 aromatic rings. The van der Waals surface area contributed by atoms with Crippen molar-refractivity contribution >= 4 is 11.6 Å². The molecule has 3 heterocycles. The average Bonchev–Trinajstić information content (AvgIpc) is 3.37. The van der Waals surface area contributed by atoms with E-state index in [1.807, 2.05) is 37.3 Å². The van der Waals surface area contributed by atoms with Crippen molar-refractivity contribution in [1.29, 1.82) is 0 Å². The predicted octanol–water partition coefficient (Wildman–Crippen LogP) is 2.01. The number of nitrogens with zero attached hydrogens (tertiary/aromatic N) is 4. The lowest BCUT2D eigenvalue weighted by atomic mass is 10.1. The average molecular weight is 367 g/mol. The van der Waals surface area contributed by atoms with Crippen LogP contribution in [0.5, 0.6) is 5.75 Å². The van der Waals surface area contributed by atoms with Crippen molar-refractivity contribution in [1.82, 2.24) is 24.9 Å². The van der Waals surface area contributed by atoms with Crippen LogP contribution in [-0.2, 0) is 9.53 Å². The fourth-order valence-electron chi connectivity index (χ4n) is 3.05. The van der Waals surface area contributed by atoms with E-state index >= 15 is 0 Å². The molecule has 0 spiro atoms. The number of carbonyl (C=O) groups excluding carboxylic acids is 1. The number of methoxy groups -OCH3 is 1. The van der Waals surface area contributed by atoms with E-state index in [0.717, 1.165) is 23.4 Å². The molecule has 0 aliphatic carbocycles. The molecule has 0 radical (unpaired) electrons. The van der Waals surface area contributed by atoms with Crippen LogP contribution in [0.3, 0.4) is 0 Å². The van der Waals surface area contributed by atoms with Gasteiger partial charge in [-0.15, -0.1) is 5.10 Å². The molecule has 1 aromatic carbocycles. The number of aromatic nitrogens is 4. The van der Waals surface area contributed by atoms with Crippen molar-refractivity contribution in [3.8, 4) is 17.0 Å². The van der Waals surface area contributed by atoms with Crippen LogP contribution in [0.4, 0.5) is 0 Å². The van der Waals surface area contributed by atoms with Gasteiger partial charge in [0.1, 0.15) is 12.1 Å². The number of fused-ring (bicyclic) bond motifs is 1. The minimum absolute atomic E-state index is 0.0177. The zero-order valence-corrected chi connectivity index (χ0v) is 15.3. The highest BCUT2D eigenvalue weighted by molar-refractivity contribution is 5.79. The van der Waals surface area contributed by atoms with Crippen molar-refractivity contribution < 1.29 is 14.3 Å². The van der Waals surface area contributed by atoms with Crippen LogP contribution in [0.25, 0.3) is 16.9 Å². The van der Waals surface area contributed by atoms with E-state index in [2.05, 4.69) is 20.4 Å². The van der Waals surface area contributed by atoms with Gasteiger partial charge in [0.15, 0.2) is 11.5 Å². The first-order valence-corrected chi connectivity index (χ1v) is 8.89. The molecule has 8 nitrogen and oxygen atoms in total. The molecule has 0 unspecified atom stereocenters. The number of rotatable bonds is 5. The van der Waals surface area contributed by atoms with Crippen LogP contribution in [0.1, 0.15) is 25.2 Å². The smallest absolute Gasteiger partial charge is 0.226 e. The van der Waals surface area contributed by atoms with E-state index < -0.39 is 0 Å². The third kappa shape index (κ3) is 3.61. The lowest BCUT2D eigenvalue weighted by Gasteiger charge is -2.13. The minimum Gasteiger partial charge on any atom is -0.497 e. The summed E-state index contributed by atoms with van der Waals surface area (Å²) >= 11 is 0. The summed E-state index contributed by atoms with van der Waals surface area (Å²) in [6.45, 7) is 2.99. The van der Waals surface area contributed by atoms with Gasteiger partial charge in [-0.2, -0.15) is 0 Å². The maximum Gasteiger partial charge on any atom is 0.226 e. The Balaban J connectivity index is 1.53. The molecule has 27 heavy (non-hydrogen) atoms. The number of nitrogens with one attached hydrogen (secondary N) is 1. The van der Waals surface area contributed by atoms with Gasteiger partial charge in [0.2, 0.25) is 5.91 Å². The molecule has 1 aliphatic heterocycles. The first kappa shape index (κ1) is 17.4. The van der Waals surface area contributed by atoms with E-state index in [0.29, 0.717) is 24.7 Å². The molecule has 1 fully saturated rings. The van der Waals surface area contributed by atoms with Crippen molar-refractivity contribution in [2.75, 3.05) is 20.3 Å². The van der Waals surface area contributed by atoms with E-state index in [1.165, 1.54) is 0 Å². The van der Waals surface area contributed by atoms with Gasteiger partial charge in [0.05, 0.1) is 31.4 Å². The Morgan fingerprint density at radius 1 is 1.37 bits per heavy atom. The molecule has 1 N–H and O–H groups in total. The van der Waals surface area contributed by atoms with Crippen molar-refractivity contribution in [3.05, 3.63) is 42.5 Å². The molecule has 2 aromatic heterocycles. The zero-order chi connectivity index (χ0) is 18.8. The van der Waals surface area contributed by atoms with Gasteiger partial charge in [-0.1, -0.05) is 0 Å². The zero-order valence-electron chi connectivity index (χ0n) is 15.3. The largest absolute Gasteiger partial charge is 0.497 e. The van der Waals surface area contributed by atoms with Gasteiger partial charge in [0, 0.05) is 18.2 Å². The van der Waals surface area contributed by atoms with E-state index in [1.54, 1.807) is 18.0 Å². The number of ether oxygens (including phenoxy) is 2. The minimum atomic E-state index is -0.289. The Kier molecular flexibility index (Phi) is 4.72. The Morgan fingerprint density at radius 3 is 2.89 bits per heavy atom. The summed E-state index contributed by atoms with van der Waals surface area (Å²) in [5.41, 5.74) is 2.44. The van der Waals surface area contributed by atoms with Crippen LogP contribution >= 0.6 is 0 Å². The number of hydrogen-bond donors (Lipinski definition) is 1. The summed E-state index contributed by atoms with van der Waals surface area (Å²) in [4.78, 5) is 21.3. The van der Waals surface area contributed by atoms with E-state index in [-0.39, 0.29) is 17.9 Å². The summed E-state index contributed by atoms with van der Waals surface area (Å²) < 4.78 is 12.1. The first-order chi connectivity index (χ1) is 13.1. The third-order valence-electron chi connectivity index (χ3n) is 4.68. The van der Waals surface area contributed by atoms with Gasteiger partial charge < -0.3 is 14.8 Å². The van der Waals surface area contributed by atoms with E-state index in [9.17, 15) is 4.79 Å². The summed E-state index contributed by atoms with van der Waals surface area (Å²) in [5.74, 6) is 1.24. The molecule has 1 amide bonds. The van der Waals surface area contributed by atoms with Crippen molar-refractivity contribution in [2.24, 2.45) is 5.92 Å². The van der Waals surface area contributed by atoms with Crippen molar-refractivity contribution in [3.63, 3.8) is 0 Å². The lowest BCUT2D eigenvalue weighted by molar-refractivity contribution is -0.125. The highest BCUT2D eigenvalue weighted by atomic mass is 16.5. The Hall–Kier alpha value is -3.00. The normalized spacial score (nSPS) is 17.8. The fraction of sp³-hybridized carbons (Fsp3) is 0.368. The van der Waals surface area contributed by atoms with Gasteiger partial charge in [-0.3, -0.25) is 4.79 Å². The third-order valence-corrected chi connectivity index (χ3v) is 4.68. The van der Waals surface area contributed by atoms with Gasteiger partial charge in [0.25, 0.3) is 0 Å². The second kappa shape index (κ2) is 7.32. The second-order valence-electron chi connectivity index (χ2n) is 6.57. The Labute approximate surface area is 156 Å². The summed E-state index contributed by atoms with van der Waals surface area (Å²) in [7, 11) is 1.64. The number of benzene rings is 1. The number of hydrogen-bond acceptors (Lipinski definition) is 6. The molecule has 1 saturated heterocycles. The summed E-state index contributed by atoms with van der Waals surface area (Å²) in [6.07, 6.45) is 2.39. The standard InChI is InChI=1S/C19H21N5O3/c1-12(21-19(25)14-7-8-27-10-14)18-22-17-9-16(20-11-24(17)23-18)13-3-5-15(26-2)6-4-13/h3-6,9,11-12,14H,7-8,10H2,1-2H3,(H,21,25)/t12-,14-/m0/s1. The van der Waals surface area contributed by atoms with Gasteiger partial charge in [-0.05, 0) is 37.6 Å². The summed E-state index contributed by atoms with van der Waals surface area (Å²) in [5, 5.41) is 7.40. The highest BCUT2D eigenvalue weighted by Gasteiger charge is 2.25. The van der Waals surface area contributed by atoms with Crippen LogP contribution < -0.4 is 10.1 Å². The second-order valence-corrected chi connectivity index (χ2v) is 6.57. The molecular weight excluding hydrogens is 346 g/mol. The molecule has 1 aliphatic rings. The Morgan fingerprint density at radius 2 is 2.19 bits per heavy atom. The molecule has 4 rings (SSSR count). The van der Waals surface area contributed by atoms with Crippen LogP contribution in [0.15, 0.2) is 36.7 Å². The number of carbonyl (C=O) groups is 1. The molecule has 8 heteroatoms. The molecule has 0 bridgehead atoms. The monoisotopic (exact) mass is 367 g/mol. The number of amides is 1. The predicted molar refractivity (Wildman–Crippen MR) is 98.3 cm³/mol. The van der Waals surface area contributed by atoms with Gasteiger partial charge in [-0.25, -0.2) is 14.5 Å².